The number of amides is 1. The topological polar surface area (TPSA) is 82.6 Å². The average molecular weight is 342 g/mol. The fourth-order valence-corrected chi connectivity index (χ4v) is 3.64. The van der Waals surface area contributed by atoms with Crippen molar-refractivity contribution in [3.05, 3.63) is 30.0 Å². The first kappa shape index (κ1) is 16.0. The van der Waals surface area contributed by atoms with Gasteiger partial charge in [-0.3, -0.25) is 14.4 Å². The molecule has 0 bridgehead atoms. The quantitative estimate of drug-likeness (QED) is 0.906. The van der Waals surface area contributed by atoms with Crippen LogP contribution >= 0.6 is 0 Å². The largest absolute Gasteiger partial charge is 0.486 e. The number of benzene rings is 1. The molecule has 1 aromatic carbocycles. The summed E-state index contributed by atoms with van der Waals surface area (Å²) in [5.41, 5.74) is 8.50. The number of nitrogens with zero attached hydrogens (tertiary/aromatic N) is 3. The highest BCUT2D eigenvalue weighted by molar-refractivity contribution is 5.80. The van der Waals surface area contributed by atoms with Gasteiger partial charge < -0.3 is 15.2 Å². The van der Waals surface area contributed by atoms with Gasteiger partial charge >= 0.3 is 0 Å². The molecule has 2 N–H and O–H groups in total. The van der Waals surface area contributed by atoms with Crippen LogP contribution in [0.3, 0.4) is 0 Å². The molecular formula is C18H22N4O3. The summed E-state index contributed by atoms with van der Waals surface area (Å²) in [7, 11) is 1.90. The van der Waals surface area contributed by atoms with Crippen molar-refractivity contribution in [2.45, 2.75) is 25.4 Å². The van der Waals surface area contributed by atoms with Crippen molar-refractivity contribution >= 4 is 5.91 Å². The minimum absolute atomic E-state index is 0.187. The van der Waals surface area contributed by atoms with Crippen molar-refractivity contribution in [1.82, 2.24) is 14.7 Å². The number of rotatable bonds is 4. The van der Waals surface area contributed by atoms with Gasteiger partial charge in [-0.25, -0.2) is 0 Å². The Morgan fingerprint density at radius 2 is 2.12 bits per heavy atom. The number of ether oxygens (including phenoxy) is 2. The van der Waals surface area contributed by atoms with Crippen molar-refractivity contribution in [3.8, 4) is 22.8 Å². The third-order valence-electron chi connectivity index (χ3n) is 4.79. The molecule has 1 fully saturated rings. The lowest BCUT2D eigenvalue weighted by atomic mass is 10.1. The van der Waals surface area contributed by atoms with Crippen LogP contribution in [0.5, 0.6) is 11.5 Å². The molecule has 2 aromatic rings. The summed E-state index contributed by atoms with van der Waals surface area (Å²) in [6, 6.07) is 5.70. The second-order valence-electron chi connectivity index (χ2n) is 6.57. The van der Waals surface area contributed by atoms with E-state index in [9.17, 15) is 4.79 Å². The Morgan fingerprint density at radius 1 is 1.32 bits per heavy atom. The molecule has 0 aliphatic carbocycles. The van der Waals surface area contributed by atoms with Gasteiger partial charge in [-0.1, -0.05) is 0 Å². The van der Waals surface area contributed by atoms with Gasteiger partial charge in [0.25, 0.3) is 0 Å². The molecule has 1 atom stereocenters. The smallest absolute Gasteiger partial charge is 0.234 e. The molecule has 1 aromatic heterocycles. The van der Waals surface area contributed by atoms with Crippen LogP contribution in [0.2, 0.25) is 0 Å². The van der Waals surface area contributed by atoms with E-state index in [2.05, 4.69) is 10.00 Å². The molecular weight excluding hydrogens is 320 g/mol. The minimum atomic E-state index is -0.248. The molecule has 3 heterocycles. The van der Waals surface area contributed by atoms with Crippen LogP contribution in [0.25, 0.3) is 11.3 Å². The number of likely N-dealkylation sites (tertiary alicyclic amines) is 1. The summed E-state index contributed by atoms with van der Waals surface area (Å²) in [4.78, 5) is 13.8. The average Bonchev–Trinajstić information content (AvgIpc) is 3.21. The van der Waals surface area contributed by atoms with Gasteiger partial charge in [0.1, 0.15) is 13.2 Å². The summed E-state index contributed by atoms with van der Waals surface area (Å²) < 4.78 is 13.1. The second-order valence-corrected chi connectivity index (χ2v) is 6.57. The lowest BCUT2D eigenvalue weighted by Crippen LogP contribution is -2.39. The van der Waals surface area contributed by atoms with Crippen LogP contribution < -0.4 is 15.2 Å². The number of carbonyl (C=O) groups excluding carboxylic acids is 1. The summed E-state index contributed by atoms with van der Waals surface area (Å²) in [6.07, 6.45) is 3.82. The molecule has 0 unspecified atom stereocenters. The maximum Gasteiger partial charge on any atom is 0.234 e. The van der Waals surface area contributed by atoms with Gasteiger partial charge in [0.2, 0.25) is 5.91 Å². The fraction of sp³-hybridized carbons (Fsp3) is 0.444. The summed E-state index contributed by atoms with van der Waals surface area (Å²) in [5.74, 6) is 1.26. The standard InChI is InChI=1S/C18H22N4O3/c1-21-10-13(11-22-6-2-3-14(22)18(19)23)17(20-21)12-4-5-15-16(9-12)25-8-7-24-15/h4-5,9-10,14H,2-3,6-8,11H2,1H3,(H2,19,23)/t14-/m0/s1. The van der Waals surface area contributed by atoms with E-state index in [0.29, 0.717) is 19.8 Å². The molecule has 0 spiro atoms. The van der Waals surface area contributed by atoms with E-state index in [1.165, 1.54) is 0 Å². The van der Waals surface area contributed by atoms with Crippen LogP contribution in [0.15, 0.2) is 24.4 Å². The number of hydrogen-bond acceptors (Lipinski definition) is 5. The van der Waals surface area contributed by atoms with Crippen LogP contribution in [0, 0.1) is 0 Å². The molecule has 2 aliphatic heterocycles. The van der Waals surface area contributed by atoms with E-state index in [1.54, 1.807) is 4.68 Å². The molecule has 2 aliphatic rings. The van der Waals surface area contributed by atoms with Crippen LogP contribution in [-0.2, 0) is 18.4 Å². The minimum Gasteiger partial charge on any atom is -0.486 e. The predicted molar refractivity (Wildman–Crippen MR) is 92.3 cm³/mol. The number of primary amides is 1. The molecule has 0 radical (unpaired) electrons. The van der Waals surface area contributed by atoms with Gasteiger partial charge in [-0.15, -0.1) is 0 Å². The SMILES string of the molecule is Cn1cc(CN2CCC[C@H]2C(N)=O)c(-c2ccc3c(c2)OCCO3)n1. The maximum atomic E-state index is 11.7. The first-order valence-electron chi connectivity index (χ1n) is 8.58. The number of nitrogens with two attached hydrogens (primary N) is 1. The number of fused-ring (bicyclic) bond motifs is 1. The van der Waals surface area contributed by atoms with Crippen molar-refractivity contribution in [2.75, 3.05) is 19.8 Å². The maximum absolute atomic E-state index is 11.7. The lowest BCUT2D eigenvalue weighted by molar-refractivity contribution is -0.122. The number of carbonyl (C=O) groups is 1. The van der Waals surface area contributed by atoms with Gasteiger partial charge in [-0.05, 0) is 37.6 Å². The molecule has 7 heteroatoms. The Balaban J connectivity index is 1.64. The highest BCUT2D eigenvalue weighted by atomic mass is 16.6. The zero-order chi connectivity index (χ0) is 17.4. The van der Waals surface area contributed by atoms with Gasteiger partial charge in [0.15, 0.2) is 11.5 Å². The summed E-state index contributed by atoms with van der Waals surface area (Å²) >= 11 is 0. The third kappa shape index (κ3) is 3.07. The second kappa shape index (κ2) is 6.40. The van der Waals surface area contributed by atoms with Crippen molar-refractivity contribution in [2.24, 2.45) is 12.8 Å². The van der Waals surface area contributed by atoms with Gasteiger partial charge in [0, 0.05) is 30.9 Å². The van der Waals surface area contributed by atoms with E-state index in [0.717, 1.165) is 47.7 Å². The van der Waals surface area contributed by atoms with E-state index in [4.69, 9.17) is 15.2 Å². The van der Waals surface area contributed by atoms with Crippen molar-refractivity contribution < 1.29 is 14.3 Å². The Hall–Kier alpha value is -2.54. The molecule has 7 nitrogen and oxygen atoms in total. The monoisotopic (exact) mass is 342 g/mol. The van der Waals surface area contributed by atoms with Gasteiger partial charge in [0.05, 0.1) is 11.7 Å². The summed E-state index contributed by atoms with van der Waals surface area (Å²) in [5, 5.41) is 4.62. The Morgan fingerprint density at radius 3 is 2.92 bits per heavy atom. The fourth-order valence-electron chi connectivity index (χ4n) is 3.64. The predicted octanol–water partition coefficient (Wildman–Crippen LogP) is 1.31. The number of aryl methyl sites for hydroxylation is 1. The van der Waals surface area contributed by atoms with Crippen molar-refractivity contribution in [3.63, 3.8) is 0 Å². The Bertz CT molecular complexity index is 802. The molecule has 0 saturated carbocycles. The Labute approximate surface area is 146 Å². The zero-order valence-corrected chi connectivity index (χ0v) is 14.3. The van der Waals surface area contributed by atoms with Crippen LogP contribution in [0.1, 0.15) is 18.4 Å². The van der Waals surface area contributed by atoms with Crippen LogP contribution in [0.4, 0.5) is 0 Å². The molecule has 4 rings (SSSR count). The molecule has 1 amide bonds. The summed E-state index contributed by atoms with van der Waals surface area (Å²) in [6.45, 7) is 2.67. The number of aromatic nitrogens is 2. The molecule has 25 heavy (non-hydrogen) atoms. The van der Waals surface area contributed by atoms with E-state index in [-0.39, 0.29) is 11.9 Å². The van der Waals surface area contributed by atoms with Gasteiger partial charge in [-0.2, -0.15) is 5.10 Å². The first-order valence-corrected chi connectivity index (χ1v) is 8.58. The highest BCUT2D eigenvalue weighted by Crippen LogP contribution is 2.35. The first-order chi connectivity index (χ1) is 12.1. The van der Waals surface area contributed by atoms with E-state index in [1.807, 2.05) is 31.4 Å². The van der Waals surface area contributed by atoms with E-state index < -0.39 is 0 Å². The Kier molecular flexibility index (Phi) is 4.09. The van der Waals surface area contributed by atoms with Crippen LogP contribution in [-0.4, -0.2) is 46.4 Å². The molecule has 1 saturated heterocycles. The third-order valence-corrected chi connectivity index (χ3v) is 4.79. The lowest BCUT2D eigenvalue weighted by Gasteiger charge is -2.22. The van der Waals surface area contributed by atoms with E-state index >= 15 is 0 Å². The highest BCUT2D eigenvalue weighted by Gasteiger charge is 2.30. The molecule has 132 valence electrons. The normalized spacial score (nSPS) is 20.0. The van der Waals surface area contributed by atoms with Crippen molar-refractivity contribution in [1.29, 1.82) is 0 Å². The zero-order valence-electron chi connectivity index (χ0n) is 14.3. The number of hydrogen-bond donors (Lipinski definition) is 1.